The lowest BCUT2D eigenvalue weighted by atomic mass is 10.1. The number of nitrogens with one attached hydrogen (secondary N) is 1. The zero-order valence-corrected chi connectivity index (χ0v) is 10.2. The van der Waals surface area contributed by atoms with Crippen LogP contribution >= 0.6 is 0 Å². The highest BCUT2D eigenvalue weighted by Gasteiger charge is 2.24. The van der Waals surface area contributed by atoms with Crippen molar-refractivity contribution in [3.05, 3.63) is 12.1 Å². The normalized spacial score (nSPS) is 14.1. The monoisotopic (exact) mass is 236 g/mol. The number of ether oxygens (including phenoxy) is 2. The number of rotatable bonds is 3. The first-order valence-corrected chi connectivity index (χ1v) is 5.51. The Balaban J connectivity index is 2.52. The molecule has 0 bridgehead atoms. The molecule has 1 amide bonds. The second-order valence-corrected chi connectivity index (χ2v) is 3.72. The molecule has 92 valence electrons. The van der Waals surface area contributed by atoms with Gasteiger partial charge in [0.1, 0.15) is 0 Å². The molecule has 0 fully saturated rings. The number of fused-ring (bicyclic) bond motifs is 1. The first kappa shape index (κ1) is 11.6. The zero-order valence-electron chi connectivity index (χ0n) is 10.2. The van der Waals surface area contributed by atoms with Gasteiger partial charge in [-0.05, 0) is 6.92 Å². The second kappa shape index (κ2) is 4.53. The molecule has 1 aliphatic rings. The van der Waals surface area contributed by atoms with Gasteiger partial charge in [0.25, 0.3) is 0 Å². The fraction of sp³-hybridized carbons (Fsp3) is 0.417. The van der Waals surface area contributed by atoms with Crippen LogP contribution in [0.2, 0.25) is 0 Å². The highest BCUT2D eigenvalue weighted by atomic mass is 16.5. The molecule has 0 unspecified atom stereocenters. The van der Waals surface area contributed by atoms with Crippen molar-refractivity contribution in [2.24, 2.45) is 0 Å². The van der Waals surface area contributed by atoms with Crippen molar-refractivity contribution in [2.45, 2.75) is 6.92 Å². The van der Waals surface area contributed by atoms with E-state index in [9.17, 15) is 4.79 Å². The third-order valence-corrected chi connectivity index (χ3v) is 2.84. The lowest BCUT2D eigenvalue weighted by Gasteiger charge is -2.30. The van der Waals surface area contributed by atoms with Gasteiger partial charge in [0.05, 0.1) is 32.1 Å². The smallest absolute Gasteiger partial charge is 0.246 e. The molecule has 0 atom stereocenters. The van der Waals surface area contributed by atoms with E-state index in [1.165, 1.54) is 0 Å². The average molecular weight is 236 g/mol. The Morgan fingerprint density at radius 1 is 1.29 bits per heavy atom. The summed E-state index contributed by atoms with van der Waals surface area (Å²) >= 11 is 0. The fourth-order valence-corrected chi connectivity index (χ4v) is 1.98. The van der Waals surface area contributed by atoms with Gasteiger partial charge in [-0.1, -0.05) is 0 Å². The number of hydrogen-bond acceptors (Lipinski definition) is 4. The Morgan fingerprint density at radius 2 is 1.94 bits per heavy atom. The molecule has 1 N–H and O–H groups in total. The highest BCUT2D eigenvalue weighted by Crippen LogP contribution is 2.39. The van der Waals surface area contributed by atoms with Crippen LogP contribution in [0.1, 0.15) is 6.92 Å². The van der Waals surface area contributed by atoms with Crippen molar-refractivity contribution in [1.29, 1.82) is 0 Å². The van der Waals surface area contributed by atoms with Crippen LogP contribution in [0.5, 0.6) is 11.5 Å². The lowest BCUT2D eigenvalue weighted by molar-refractivity contribution is -0.117. The molecular weight excluding hydrogens is 220 g/mol. The van der Waals surface area contributed by atoms with Crippen LogP contribution in [0.15, 0.2) is 12.1 Å². The van der Waals surface area contributed by atoms with Gasteiger partial charge in [-0.3, -0.25) is 4.79 Å². The summed E-state index contributed by atoms with van der Waals surface area (Å²) in [6.45, 7) is 2.91. The van der Waals surface area contributed by atoms with Crippen molar-refractivity contribution < 1.29 is 14.3 Å². The molecule has 17 heavy (non-hydrogen) atoms. The maximum atomic E-state index is 11.7. The Hall–Kier alpha value is -1.91. The van der Waals surface area contributed by atoms with E-state index < -0.39 is 0 Å². The summed E-state index contributed by atoms with van der Waals surface area (Å²) in [7, 11) is 3.18. The van der Waals surface area contributed by atoms with Crippen LogP contribution in [-0.4, -0.2) is 33.2 Å². The molecular formula is C12H16N2O3. The summed E-state index contributed by atoms with van der Waals surface area (Å²) in [6.07, 6.45) is 0. The number of carbonyl (C=O) groups is 1. The highest BCUT2D eigenvalue weighted by molar-refractivity contribution is 6.03. The predicted molar refractivity (Wildman–Crippen MR) is 66.1 cm³/mol. The molecule has 1 heterocycles. The summed E-state index contributed by atoms with van der Waals surface area (Å²) in [4.78, 5) is 13.5. The summed E-state index contributed by atoms with van der Waals surface area (Å²) in [5, 5.41) is 3.08. The van der Waals surface area contributed by atoms with Crippen LogP contribution in [0.4, 0.5) is 11.4 Å². The molecule has 1 aromatic carbocycles. The van der Waals surface area contributed by atoms with Gasteiger partial charge < -0.3 is 19.7 Å². The minimum absolute atomic E-state index is 0.0622. The van der Waals surface area contributed by atoms with Gasteiger partial charge >= 0.3 is 0 Å². The third kappa shape index (κ3) is 1.88. The van der Waals surface area contributed by atoms with Crippen LogP contribution in [0.25, 0.3) is 0 Å². The standard InChI is InChI=1S/C12H16N2O3/c1-4-14-9-6-11(17-3)10(16-2)5-8(9)13-7-12(14)15/h5-6,13H,4,7H2,1-3H3. The molecule has 0 spiro atoms. The van der Waals surface area contributed by atoms with E-state index in [4.69, 9.17) is 9.47 Å². The van der Waals surface area contributed by atoms with Crippen molar-refractivity contribution in [3.8, 4) is 11.5 Å². The number of hydrogen-bond donors (Lipinski definition) is 1. The van der Waals surface area contributed by atoms with Gasteiger partial charge in [-0.25, -0.2) is 0 Å². The summed E-state index contributed by atoms with van der Waals surface area (Å²) in [5.41, 5.74) is 1.73. The minimum atomic E-state index is 0.0622. The zero-order chi connectivity index (χ0) is 12.4. The van der Waals surface area contributed by atoms with Crippen LogP contribution in [0.3, 0.4) is 0 Å². The quantitative estimate of drug-likeness (QED) is 0.863. The number of nitrogens with zero attached hydrogens (tertiary/aromatic N) is 1. The van der Waals surface area contributed by atoms with Crippen molar-refractivity contribution >= 4 is 17.3 Å². The van der Waals surface area contributed by atoms with E-state index >= 15 is 0 Å². The fourth-order valence-electron chi connectivity index (χ4n) is 1.98. The summed E-state index contributed by atoms with van der Waals surface area (Å²) < 4.78 is 10.5. The summed E-state index contributed by atoms with van der Waals surface area (Å²) in [5.74, 6) is 1.34. The van der Waals surface area contributed by atoms with Gasteiger partial charge in [0.2, 0.25) is 5.91 Å². The number of anilines is 2. The van der Waals surface area contributed by atoms with Gasteiger partial charge in [-0.15, -0.1) is 0 Å². The van der Waals surface area contributed by atoms with Gasteiger partial charge in [-0.2, -0.15) is 0 Å². The lowest BCUT2D eigenvalue weighted by Crippen LogP contribution is -2.39. The maximum Gasteiger partial charge on any atom is 0.246 e. The maximum absolute atomic E-state index is 11.7. The van der Waals surface area contributed by atoms with E-state index in [1.54, 1.807) is 19.1 Å². The molecule has 0 aromatic heterocycles. The number of benzene rings is 1. The van der Waals surface area contributed by atoms with E-state index in [0.717, 1.165) is 11.4 Å². The van der Waals surface area contributed by atoms with Crippen LogP contribution in [-0.2, 0) is 4.79 Å². The Morgan fingerprint density at radius 3 is 2.53 bits per heavy atom. The number of likely N-dealkylation sites (N-methyl/N-ethyl adjacent to an activating group) is 1. The first-order valence-electron chi connectivity index (χ1n) is 5.51. The van der Waals surface area contributed by atoms with Crippen LogP contribution in [0, 0.1) is 0 Å². The number of carbonyl (C=O) groups excluding carboxylic acids is 1. The SMILES string of the molecule is CCN1C(=O)CNc2cc(OC)c(OC)cc21. The molecule has 5 nitrogen and oxygen atoms in total. The largest absolute Gasteiger partial charge is 0.493 e. The van der Waals surface area contributed by atoms with Gasteiger partial charge in [0, 0.05) is 18.7 Å². The third-order valence-electron chi connectivity index (χ3n) is 2.84. The number of amides is 1. The van der Waals surface area contributed by atoms with Crippen LogP contribution < -0.4 is 19.7 Å². The molecule has 0 radical (unpaired) electrons. The number of methoxy groups -OCH3 is 2. The topological polar surface area (TPSA) is 50.8 Å². The van der Waals surface area contributed by atoms with Gasteiger partial charge in [0.15, 0.2) is 11.5 Å². The van der Waals surface area contributed by atoms with Crippen molar-refractivity contribution in [3.63, 3.8) is 0 Å². The average Bonchev–Trinajstić information content (AvgIpc) is 2.37. The predicted octanol–water partition coefficient (Wildman–Crippen LogP) is 1.48. The first-order chi connectivity index (χ1) is 8.21. The van der Waals surface area contributed by atoms with Crippen molar-refractivity contribution in [1.82, 2.24) is 0 Å². The van der Waals surface area contributed by atoms with Crippen molar-refractivity contribution in [2.75, 3.05) is 37.5 Å². The summed E-state index contributed by atoms with van der Waals surface area (Å²) in [6, 6.07) is 3.67. The molecule has 1 aliphatic heterocycles. The minimum Gasteiger partial charge on any atom is -0.493 e. The molecule has 1 aromatic rings. The molecule has 0 saturated carbocycles. The molecule has 0 aliphatic carbocycles. The molecule has 5 heteroatoms. The Bertz CT molecular complexity index is 446. The Kier molecular flexibility index (Phi) is 3.08. The van der Waals surface area contributed by atoms with E-state index in [1.807, 2.05) is 19.1 Å². The molecule has 0 saturated heterocycles. The Labute approximate surface area is 100 Å². The van der Waals surface area contributed by atoms with E-state index in [-0.39, 0.29) is 5.91 Å². The van der Waals surface area contributed by atoms with E-state index in [2.05, 4.69) is 5.32 Å². The second-order valence-electron chi connectivity index (χ2n) is 3.72. The molecule has 2 rings (SSSR count). The van der Waals surface area contributed by atoms with E-state index in [0.29, 0.717) is 24.6 Å².